The fraction of sp³-hybridized carbons (Fsp3) is 0.923. The molecule has 0 aromatic carbocycles. The first kappa shape index (κ1) is 25.4. The lowest BCUT2D eigenvalue weighted by Gasteiger charge is -2.59. The van der Waals surface area contributed by atoms with Crippen molar-refractivity contribution in [1.29, 1.82) is 0 Å². The summed E-state index contributed by atoms with van der Waals surface area (Å²) in [7, 11) is 0. The summed E-state index contributed by atoms with van der Waals surface area (Å²) in [4.78, 5) is 39.4. The molecule has 1 aliphatic carbocycles. The van der Waals surface area contributed by atoms with Crippen LogP contribution in [0.4, 0.5) is 0 Å². The number of aliphatic hydroxyl groups excluding tert-OH is 1. The largest absolute Gasteiger partial charge is 0.435 e. The first-order valence-corrected chi connectivity index (χ1v) is 13.6. The minimum atomic E-state index is -0.876. The number of carbonyl (C=O) groups excluding carboxylic acids is 2. The van der Waals surface area contributed by atoms with Crippen molar-refractivity contribution in [3.05, 3.63) is 0 Å². The van der Waals surface area contributed by atoms with E-state index in [2.05, 4.69) is 6.92 Å². The van der Waals surface area contributed by atoms with E-state index in [1.165, 1.54) is 0 Å². The van der Waals surface area contributed by atoms with E-state index < -0.39 is 29.9 Å². The Kier molecular flexibility index (Phi) is 7.18. The average molecular weight is 496 g/mol. The van der Waals surface area contributed by atoms with Crippen LogP contribution in [-0.2, 0) is 33.6 Å². The second-order valence-electron chi connectivity index (χ2n) is 11.5. The van der Waals surface area contributed by atoms with Crippen molar-refractivity contribution in [2.45, 2.75) is 115 Å². The fourth-order valence-electron chi connectivity index (χ4n) is 7.33. The second-order valence-corrected chi connectivity index (χ2v) is 11.5. The number of esters is 1. The van der Waals surface area contributed by atoms with Gasteiger partial charge in [-0.1, -0.05) is 13.8 Å². The summed E-state index contributed by atoms with van der Waals surface area (Å²) in [6, 6.07) is 0.0585. The molecular weight excluding hydrogens is 454 g/mol. The van der Waals surface area contributed by atoms with Crippen molar-refractivity contribution in [3.8, 4) is 0 Å². The van der Waals surface area contributed by atoms with Crippen molar-refractivity contribution >= 4 is 11.9 Å². The van der Waals surface area contributed by atoms with Gasteiger partial charge in [0.1, 0.15) is 0 Å². The highest BCUT2D eigenvalue weighted by Gasteiger charge is 2.69. The molecule has 5 aliphatic heterocycles. The molecule has 0 radical (unpaired) electrons. The molecule has 198 valence electrons. The second kappa shape index (κ2) is 9.89. The Morgan fingerprint density at radius 2 is 1.89 bits per heavy atom. The highest BCUT2D eigenvalue weighted by Crippen LogP contribution is 2.60. The van der Waals surface area contributed by atoms with Gasteiger partial charge < -0.3 is 24.2 Å². The highest BCUT2D eigenvalue weighted by atomic mass is 17.3. The zero-order chi connectivity index (χ0) is 24.8. The van der Waals surface area contributed by atoms with Gasteiger partial charge in [-0.15, -0.1) is 0 Å². The molecule has 9 atom stereocenters. The first-order valence-electron chi connectivity index (χ1n) is 13.6. The van der Waals surface area contributed by atoms with Gasteiger partial charge in [-0.2, -0.15) is 0 Å². The number of hydrogen-bond acceptors (Lipinski definition) is 8. The van der Waals surface area contributed by atoms with Crippen LogP contribution >= 0.6 is 0 Å². The fourth-order valence-corrected chi connectivity index (χ4v) is 7.33. The summed E-state index contributed by atoms with van der Waals surface area (Å²) < 4.78 is 18.4. The lowest BCUT2D eigenvalue weighted by molar-refractivity contribution is -0.576. The zero-order valence-electron chi connectivity index (χ0n) is 21.3. The standard InChI is InChI=1S/C26H41NO8/c1-16-7-8-20-17(2)23(32-24-26(20)19(16)11-13-25(3,33-24)34-35-26)31-22(30)10-9-21(29)27-14-5-4-6-18(27)12-15-28/h16-20,23-24,28H,4-15H2,1-3H3/t16-,17-,18+,19+,20-,23-,24-,25-,26-/m1/s1. The number of hydrogen-bond donors (Lipinski definition) is 1. The average Bonchev–Trinajstić information content (AvgIpc) is 3.07. The van der Waals surface area contributed by atoms with Crippen LogP contribution in [0.1, 0.15) is 85.0 Å². The van der Waals surface area contributed by atoms with E-state index >= 15 is 0 Å². The zero-order valence-corrected chi connectivity index (χ0v) is 21.3. The Bertz CT molecular complexity index is 806. The molecule has 0 aromatic rings. The maximum Gasteiger partial charge on any atom is 0.308 e. The summed E-state index contributed by atoms with van der Waals surface area (Å²) in [6.45, 7) is 6.92. The van der Waals surface area contributed by atoms with Crippen LogP contribution in [0.5, 0.6) is 0 Å². The van der Waals surface area contributed by atoms with Crippen molar-refractivity contribution in [2.75, 3.05) is 13.2 Å². The quantitative estimate of drug-likeness (QED) is 0.442. The third-order valence-corrected chi connectivity index (χ3v) is 9.30. The van der Waals surface area contributed by atoms with Gasteiger partial charge in [0.25, 0.3) is 0 Å². The van der Waals surface area contributed by atoms with Gasteiger partial charge >= 0.3 is 5.97 Å². The summed E-state index contributed by atoms with van der Waals surface area (Å²) in [5.41, 5.74) is -0.693. The number of likely N-dealkylation sites (tertiary alicyclic amines) is 1. The lowest BCUT2D eigenvalue weighted by Crippen LogP contribution is -2.70. The molecule has 5 saturated heterocycles. The Labute approximate surface area is 207 Å². The predicted octanol–water partition coefficient (Wildman–Crippen LogP) is 3.28. The molecule has 9 nitrogen and oxygen atoms in total. The van der Waals surface area contributed by atoms with Gasteiger partial charge in [-0.25, -0.2) is 9.78 Å². The number of ether oxygens (including phenoxy) is 3. The van der Waals surface area contributed by atoms with E-state index in [4.69, 9.17) is 24.0 Å². The Hall–Kier alpha value is -1.26. The van der Waals surface area contributed by atoms with Crippen LogP contribution in [-0.4, -0.2) is 65.0 Å². The van der Waals surface area contributed by atoms with Gasteiger partial charge in [0, 0.05) is 43.9 Å². The van der Waals surface area contributed by atoms with E-state index in [1.54, 1.807) is 0 Å². The molecule has 1 amide bonds. The van der Waals surface area contributed by atoms with Gasteiger partial charge in [0.15, 0.2) is 11.9 Å². The molecule has 2 bridgehead atoms. The van der Waals surface area contributed by atoms with Crippen LogP contribution in [0.3, 0.4) is 0 Å². The topological polar surface area (TPSA) is 104 Å². The molecule has 6 fully saturated rings. The van der Waals surface area contributed by atoms with E-state index in [9.17, 15) is 14.7 Å². The molecular formula is C26H41NO8. The van der Waals surface area contributed by atoms with Crippen molar-refractivity contribution in [1.82, 2.24) is 4.90 Å². The van der Waals surface area contributed by atoms with Crippen molar-refractivity contribution < 1.29 is 38.7 Å². The molecule has 1 N–H and O–H groups in total. The summed E-state index contributed by atoms with van der Waals surface area (Å²) in [5, 5.41) is 9.32. The molecule has 9 heteroatoms. The number of carbonyl (C=O) groups is 2. The highest BCUT2D eigenvalue weighted by molar-refractivity contribution is 5.81. The maximum atomic E-state index is 12.8. The Morgan fingerprint density at radius 3 is 2.69 bits per heavy atom. The van der Waals surface area contributed by atoms with Gasteiger partial charge in [-0.05, 0) is 63.7 Å². The van der Waals surface area contributed by atoms with Crippen LogP contribution in [0.15, 0.2) is 0 Å². The van der Waals surface area contributed by atoms with Gasteiger partial charge in [0.05, 0.1) is 6.42 Å². The number of piperidine rings is 1. The minimum absolute atomic E-state index is 0.00603. The summed E-state index contributed by atoms with van der Waals surface area (Å²) in [6.07, 6.45) is 5.87. The van der Waals surface area contributed by atoms with Crippen molar-refractivity contribution in [2.24, 2.45) is 23.7 Å². The molecule has 5 heterocycles. The van der Waals surface area contributed by atoms with Crippen LogP contribution < -0.4 is 0 Å². The molecule has 6 aliphatic rings. The summed E-state index contributed by atoms with van der Waals surface area (Å²) >= 11 is 0. The lowest BCUT2D eigenvalue weighted by atomic mass is 9.58. The summed E-state index contributed by atoms with van der Waals surface area (Å²) in [5.74, 6) is -0.661. The van der Waals surface area contributed by atoms with E-state index in [0.717, 1.165) is 44.9 Å². The maximum absolute atomic E-state index is 12.8. The van der Waals surface area contributed by atoms with E-state index in [-0.39, 0.29) is 49.2 Å². The van der Waals surface area contributed by atoms with Crippen LogP contribution in [0.2, 0.25) is 0 Å². The number of amides is 1. The van der Waals surface area contributed by atoms with E-state index in [1.807, 2.05) is 18.7 Å². The smallest absolute Gasteiger partial charge is 0.308 e. The third kappa shape index (κ3) is 4.52. The number of fused-ring (bicyclic) bond motifs is 2. The molecule has 0 aromatic heterocycles. The first-order chi connectivity index (χ1) is 16.8. The molecule has 35 heavy (non-hydrogen) atoms. The number of aliphatic hydroxyl groups is 1. The minimum Gasteiger partial charge on any atom is -0.435 e. The number of nitrogens with zero attached hydrogens (tertiary/aromatic N) is 1. The molecule has 0 unspecified atom stereocenters. The Balaban J connectivity index is 1.23. The SMILES string of the molecule is C[C@H]1[C@H](OC(=O)CCC(=O)N2CCCC[C@H]2CCO)O[C@@H]2O[C@@]3(C)CC[C@H]4[C@H](C)CC[C@H]1[C@@]24OO3. The van der Waals surface area contributed by atoms with Gasteiger partial charge in [-0.3, -0.25) is 9.59 Å². The van der Waals surface area contributed by atoms with Crippen molar-refractivity contribution in [3.63, 3.8) is 0 Å². The van der Waals surface area contributed by atoms with E-state index in [0.29, 0.717) is 18.9 Å². The van der Waals surface area contributed by atoms with Crippen LogP contribution in [0, 0.1) is 23.7 Å². The van der Waals surface area contributed by atoms with Crippen LogP contribution in [0.25, 0.3) is 0 Å². The Morgan fingerprint density at radius 1 is 1.06 bits per heavy atom. The normalized spacial score (nSPS) is 44.9. The van der Waals surface area contributed by atoms with Gasteiger partial charge in [0.2, 0.25) is 18.0 Å². The molecule has 1 spiro atoms. The molecule has 1 saturated carbocycles. The predicted molar refractivity (Wildman–Crippen MR) is 123 cm³/mol. The molecule has 6 rings (SSSR count). The third-order valence-electron chi connectivity index (χ3n) is 9.30. The number of rotatable bonds is 6. The monoisotopic (exact) mass is 495 g/mol.